The number of rotatable bonds is 2. The van der Waals surface area contributed by atoms with Gasteiger partial charge in [0.25, 0.3) is 15.0 Å². The van der Waals surface area contributed by atoms with Crippen molar-refractivity contribution in [3.8, 4) is 0 Å². The fourth-order valence-electron chi connectivity index (χ4n) is 1.77. The lowest BCUT2D eigenvalue weighted by atomic mass is 9.96. The first-order valence-electron chi connectivity index (χ1n) is 4.86. The quantitative estimate of drug-likeness (QED) is 0.827. The molecule has 92 valence electrons. The van der Waals surface area contributed by atoms with E-state index in [-0.39, 0.29) is 10.5 Å². The maximum absolute atomic E-state index is 12.5. The Bertz CT molecular complexity index is 573. The molecule has 1 N–H and O–H groups in total. The Kier molecular flexibility index (Phi) is 3.09. The normalized spacial score (nSPS) is 19.6. The number of amides is 1. The summed E-state index contributed by atoms with van der Waals surface area (Å²) in [7, 11) is 1.32. The van der Waals surface area contributed by atoms with Crippen molar-refractivity contribution in [2.45, 2.75) is 17.4 Å². The number of benzene rings is 1. The average Bonchev–Trinajstić information content (AvgIpc) is 2.27. The van der Waals surface area contributed by atoms with Crippen LogP contribution < -0.4 is 5.32 Å². The topological polar surface area (TPSA) is 63.2 Å². The van der Waals surface area contributed by atoms with Gasteiger partial charge < -0.3 is 5.32 Å². The number of carbonyl (C=O) groups is 1. The van der Waals surface area contributed by atoms with Crippen molar-refractivity contribution < 1.29 is 17.6 Å². The maximum atomic E-state index is 12.5. The highest BCUT2D eigenvalue weighted by Gasteiger charge is 2.25. The monoisotopic (exact) mass is 277 g/mol. The minimum atomic E-state index is -3.86. The molecule has 0 bridgehead atoms. The number of nitrogens with one attached hydrogen (secondary N) is 1. The van der Waals surface area contributed by atoms with Gasteiger partial charge in [0.1, 0.15) is 6.67 Å². The summed E-state index contributed by atoms with van der Waals surface area (Å²) in [6.45, 7) is -0.652. The zero-order valence-corrected chi connectivity index (χ0v) is 10.2. The third-order valence-corrected chi connectivity index (χ3v) is 3.95. The summed E-state index contributed by atoms with van der Waals surface area (Å²) in [4.78, 5) is 11.5. The van der Waals surface area contributed by atoms with Crippen molar-refractivity contribution in [1.82, 2.24) is 5.32 Å². The highest BCUT2D eigenvalue weighted by Crippen LogP contribution is 2.23. The van der Waals surface area contributed by atoms with Crippen LogP contribution >= 0.6 is 10.7 Å². The van der Waals surface area contributed by atoms with Gasteiger partial charge in [-0.15, -0.1) is 0 Å². The van der Waals surface area contributed by atoms with Crippen LogP contribution in [-0.4, -0.2) is 27.0 Å². The summed E-state index contributed by atoms with van der Waals surface area (Å²) in [5.41, 5.74) is 0.858. The van der Waals surface area contributed by atoms with E-state index in [4.69, 9.17) is 10.7 Å². The van der Waals surface area contributed by atoms with Gasteiger partial charge in [0.15, 0.2) is 0 Å². The van der Waals surface area contributed by atoms with E-state index in [9.17, 15) is 17.6 Å². The lowest BCUT2D eigenvalue weighted by Crippen LogP contribution is -2.42. The summed E-state index contributed by atoms with van der Waals surface area (Å²) >= 11 is 0. The molecule has 1 aliphatic rings. The molecule has 1 heterocycles. The fraction of sp³-hybridized carbons (Fsp3) is 0.300. The number of alkyl halides is 1. The Labute approximate surface area is 102 Å². The zero-order chi connectivity index (χ0) is 12.6. The van der Waals surface area contributed by atoms with Crippen molar-refractivity contribution in [3.05, 3.63) is 29.3 Å². The van der Waals surface area contributed by atoms with Crippen LogP contribution in [0.3, 0.4) is 0 Å². The molecule has 2 rings (SSSR count). The molecular weight excluding hydrogens is 269 g/mol. The molecular formula is C10H9ClFNO3S. The summed E-state index contributed by atoms with van der Waals surface area (Å²) in [5, 5.41) is 2.45. The average molecular weight is 278 g/mol. The van der Waals surface area contributed by atoms with Crippen molar-refractivity contribution >= 4 is 25.6 Å². The largest absolute Gasteiger partial charge is 0.346 e. The second-order valence-corrected chi connectivity index (χ2v) is 6.35. The number of carbonyl (C=O) groups excluding carboxylic acids is 1. The van der Waals surface area contributed by atoms with Crippen molar-refractivity contribution in [3.63, 3.8) is 0 Å². The maximum Gasteiger partial charge on any atom is 0.261 e. The lowest BCUT2D eigenvalue weighted by Gasteiger charge is -2.23. The van der Waals surface area contributed by atoms with Gasteiger partial charge >= 0.3 is 0 Å². The van der Waals surface area contributed by atoms with E-state index in [2.05, 4.69) is 5.32 Å². The van der Waals surface area contributed by atoms with Crippen LogP contribution in [0.15, 0.2) is 23.1 Å². The van der Waals surface area contributed by atoms with Gasteiger partial charge in [0.05, 0.1) is 10.9 Å². The molecule has 7 heteroatoms. The van der Waals surface area contributed by atoms with Crippen LogP contribution in [0.2, 0.25) is 0 Å². The van der Waals surface area contributed by atoms with Crippen LogP contribution in [0.4, 0.5) is 4.39 Å². The van der Waals surface area contributed by atoms with E-state index in [1.54, 1.807) is 0 Å². The van der Waals surface area contributed by atoms with E-state index in [1.165, 1.54) is 18.2 Å². The lowest BCUT2D eigenvalue weighted by molar-refractivity contribution is 0.0917. The minimum absolute atomic E-state index is 0.133. The van der Waals surface area contributed by atoms with Crippen LogP contribution in [0.5, 0.6) is 0 Å². The number of fused-ring (bicyclic) bond motifs is 1. The summed E-state index contributed by atoms with van der Waals surface area (Å²) in [6.07, 6.45) is 0.347. The molecule has 0 spiro atoms. The molecule has 0 aromatic heterocycles. The first-order valence-corrected chi connectivity index (χ1v) is 7.17. The third kappa shape index (κ3) is 2.42. The van der Waals surface area contributed by atoms with Gasteiger partial charge in [-0.1, -0.05) is 6.07 Å². The highest BCUT2D eigenvalue weighted by molar-refractivity contribution is 8.13. The van der Waals surface area contributed by atoms with Crippen LogP contribution in [0.1, 0.15) is 15.9 Å². The van der Waals surface area contributed by atoms with E-state index in [0.717, 1.165) is 0 Å². The van der Waals surface area contributed by atoms with Crippen LogP contribution in [0, 0.1) is 0 Å². The molecule has 1 aromatic carbocycles. The standard InChI is InChI=1S/C10H9ClFNO3S/c11-17(15,16)8-2-1-6-3-7(5-12)13-10(14)9(6)4-8/h1-2,4,7H,3,5H2,(H,13,14)/t7-/m0/s1. The van der Waals surface area contributed by atoms with Gasteiger partial charge in [0, 0.05) is 16.2 Å². The Morgan fingerprint density at radius 1 is 1.47 bits per heavy atom. The van der Waals surface area contributed by atoms with E-state index >= 15 is 0 Å². The number of halogens is 2. The zero-order valence-electron chi connectivity index (χ0n) is 8.61. The van der Waals surface area contributed by atoms with E-state index in [0.29, 0.717) is 12.0 Å². The molecule has 1 aromatic rings. The third-order valence-electron chi connectivity index (χ3n) is 2.60. The Morgan fingerprint density at radius 2 is 2.18 bits per heavy atom. The smallest absolute Gasteiger partial charge is 0.261 e. The SMILES string of the molecule is O=C1N[C@H](CF)Cc2ccc(S(=O)(=O)Cl)cc21. The second kappa shape index (κ2) is 4.27. The van der Waals surface area contributed by atoms with Crippen molar-refractivity contribution in [1.29, 1.82) is 0 Å². The first-order chi connectivity index (χ1) is 7.91. The second-order valence-electron chi connectivity index (χ2n) is 3.79. The first kappa shape index (κ1) is 12.3. The van der Waals surface area contributed by atoms with Crippen molar-refractivity contribution in [2.24, 2.45) is 0 Å². The molecule has 1 amide bonds. The van der Waals surface area contributed by atoms with Crippen LogP contribution in [-0.2, 0) is 15.5 Å². The Balaban J connectivity index is 2.48. The van der Waals surface area contributed by atoms with Gasteiger partial charge in [0.2, 0.25) is 0 Å². The molecule has 1 aliphatic heterocycles. The summed E-state index contributed by atoms with van der Waals surface area (Å²) in [6, 6.07) is 3.47. The molecule has 0 radical (unpaired) electrons. The van der Waals surface area contributed by atoms with Gasteiger partial charge in [-0.25, -0.2) is 12.8 Å². The van der Waals surface area contributed by atoms with Crippen LogP contribution in [0.25, 0.3) is 0 Å². The molecule has 4 nitrogen and oxygen atoms in total. The van der Waals surface area contributed by atoms with Gasteiger partial charge in [-0.05, 0) is 24.1 Å². The number of hydrogen-bond acceptors (Lipinski definition) is 3. The predicted molar refractivity (Wildman–Crippen MR) is 60.4 cm³/mol. The Morgan fingerprint density at radius 3 is 2.76 bits per heavy atom. The van der Waals surface area contributed by atoms with E-state index < -0.39 is 27.7 Å². The Hall–Kier alpha value is -1.14. The fourth-order valence-corrected chi connectivity index (χ4v) is 2.55. The molecule has 0 saturated heterocycles. The molecule has 1 atom stereocenters. The highest BCUT2D eigenvalue weighted by atomic mass is 35.7. The molecule has 0 fully saturated rings. The molecule has 0 saturated carbocycles. The molecule has 17 heavy (non-hydrogen) atoms. The number of hydrogen-bond donors (Lipinski definition) is 1. The predicted octanol–water partition coefficient (Wildman–Crippen LogP) is 1.24. The molecule has 0 aliphatic carbocycles. The minimum Gasteiger partial charge on any atom is -0.346 e. The van der Waals surface area contributed by atoms with E-state index in [1.807, 2.05) is 0 Å². The summed E-state index contributed by atoms with van der Waals surface area (Å²) < 4.78 is 34.7. The van der Waals surface area contributed by atoms with Gasteiger partial charge in [-0.2, -0.15) is 0 Å². The summed E-state index contributed by atoms with van der Waals surface area (Å²) in [5.74, 6) is -0.476. The molecule has 0 unspecified atom stereocenters. The van der Waals surface area contributed by atoms with Crippen molar-refractivity contribution in [2.75, 3.05) is 6.67 Å². The van der Waals surface area contributed by atoms with Gasteiger partial charge in [-0.3, -0.25) is 4.79 Å².